The monoisotopic (exact) mass is 311 g/mol. The van der Waals surface area contributed by atoms with Crippen molar-refractivity contribution in [2.75, 3.05) is 26.8 Å². The third-order valence-corrected chi connectivity index (χ3v) is 3.68. The third kappa shape index (κ3) is 3.02. The number of hydrogen-bond donors (Lipinski definition) is 2. The van der Waals surface area contributed by atoms with Crippen LogP contribution in [0.25, 0.3) is 5.65 Å². The van der Waals surface area contributed by atoms with Crippen LogP contribution >= 0.6 is 11.6 Å². The van der Waals surface area contributed by atoms with Crippen molar-refractivity contribution >= 4 is 23.2 Å². The molecule has 0 atom stereocenters. The van der Waals surface area contributed by atoms with Gasteiger partial charge >= 0.3 is 0 Å². The predicted octanol–water partition coefficient (Wildman–Crippen LogP) is 1.05. The summed E-state index contributed by atoms with van der Waals surface area (Å²) >= 11 is 6.07. The molecule has 0 fully saturated rings. The first-order valence-corrected chi connectivity index (χ1v) is 6.89. The molecule has 0 unspecified atom stereocenters. The summed E-state index contributed by atoms with van der Waals surface area (Å²) in [5.74, 6) is -0.313. The number of hydrogen-bond acceptors (Lipinski definition) is 4. The number of amides is 1. The minimum atomic E-state index is -0.766. The first-order valence-electron chi connectivity index (χ1n) is 6.51. The summed E-state index contributed by atoms with van der Waals surface area (Å²) in [7, 11) is 1.60. The number of aromatic nitrogens is 2. The smallest absolute Gasteiger partial charge is 0.273 e. The summed E-state index contributed by atoms with van der Waals surface area (Å²) in [5, 5.41) is 18.8. The Morgan fingerprint density at radius 2 is 2.10 bits per heavy atom. The van der Waals surface area contributed by atoms with Gasteiger partial charge in [0.25, 0.3) is 5.91 Å². The second kappa shape index (κ2) is 6.01. The summed E-state index contributed by atoms with van der Waals surface area (Å²) in [6.45, 7) is 1.46. The zero-order chi connectivity index (χ0) is 15.6. The average molecular weight is 312 g/mol. The molecule has 0 bridgehead atoms. The number of rotatable bonds is 5. The van der Waals surface area contributed by atoms with Crippen LogP contribution < -0.4 is 0 Å². The van der Waals surface area contributed by atoms with Crippen LogP contribution in [0.5, 0.6) is 0 Å². The van der Waals surface area contributed by atoms with Gasteiger partial charge in [-0.2, -0.15) is 0 Å². The molecule has 1 amide bonds. The molecular weight excluding hydrogens is 294 g/mol. The lowest BCUT2D eigenvalue weighted by molar-refractivity contribution is 0.0363. The minimum absolute atomic E-state index is 0.132. The molecule has 2 N–H and O–H groups in total. The maximum atomic E-state index is 12.6. The van der Waals surface area contributed by atoms with E-state index >= 15 is 0 Å². The Kier molecular flexibility index (Phi) is 4.51. The van der Waals surface area contributed by atoms with Gasteiger partial charge in [-0.25, -0.2) is 4.98 Å². The van der Waals surface area contributed by atoms with E-state index in [1.54, 1.807) is 36.7 Å². The molecule has 0 aliphatic rings. The van der Waals surface area contributed by atoms with Crippen molar-refractivity contribution in [3.63, 3.8) is 0 Å². The molecule has 0 aliphatic heterocycles. The molecule has 0 spiro atoms. The lowest BCUT2D eigenvalue weighted by atomic mass is 9.92. The lowest BCUT2D eigenvalue weighted by Gasteiger charge is -2.30. The molecule has 7 heteroatoms. The predicted molar refractivity (Wildman–Crippen MR) is 79.4 cm³/mol. The molecular formula is C14H18ClN3O3. The molecule has 2 rings (SSSR count). The second-order valence-corrected chi connectivity index (χ2v) is 5.83. The highest BCUT2D eigenvalue weighted by Gasteiger charge is 2.29. The molecule has 2 aromatic heterocycles. The maximum Gasteiger partial charge on any atom is 0.273 e. The Hall–Kier alpha value is -1.63. The van der Waals surface area contributed by atoms with Crippen molar-refractivity contribution in [3.8, 4) is 0 Å². The van der Waals surface area contributed by atoms with E-state index in [0.29, 0.717) is 5.65 Å². The van der Waals surface area contributed by atoms with Gasteiger partial charge in [-0.3, -0.25) is 9.20 Å². The van der Waals surface area contributed by atoms with E-state index < -0.39 is 5.41 Å². The minimum Gasteiger partial charge on any atom is -0.396 e. The Morgan fingerprint density at radius 1 is 1.43 bits per heavy atom. The summed E-state index contributed by atoms with van der Waals surface area (Å²) in [4.78, 5) is 18.1. The Balaban J connectivity index is 2.32. The molecule has 0 saturated carbocycles. The lowest BCUT2D eigenvalue weighted by Crippen LogP contribution is -2.42. The highest BCUT2D eigenvalue weighted by atomic mass is 35.5. The van der Waals surface area contributed by atoms with Crippen LogP contribution in [-0.4, -0.2) is 57.2 Å². The van der Waals surface area contributed by atoms with Gasteiger partial charge in [0.2, 0.25) is 0 Å². The van der Waals surface area contributed by atoms with Gasteiger partial charge in [-0.1, -0.05) is 24.6 Å². The summed E-state index contributed by atoms with van der Waals surface area (Å²) < 4.78 is 1.62. The quantitative estimate of drug-likeness (QED) is 0.865. The zero-order valence-electron chi connectivity index (χ0n) is 12.0. The van der Waals surface area contributed by atoms with Crippen molar-refractivity contribution in [2.24, 2.45) is 5.41 Å². The van der Waals surface area contributed by atoms with E-state index in [1.165, 1.54) is 4.90 Å². The van der Waals surface area contributed by atoms with Gasteiger partial charge in [-0.15, -0.1) is 0 Å². The maximum absolute atomic E-state index is 12.6. The average Bonchev–Trinajstić information content (AvgIpc) is 2.82. The second-order valence-electron chi connectivity index (χ2n) is 5.47. The van der Waals surface area contributed by atoms with E-state index in [2.05, 4.69) is 4.98 Å². The van der Waals surface area contributed by atoms with Crippen LogP contribution in [0.15, 0.2) is 24.4 Å². The SMILES string of the molecule is CN(CC(C)(CO)CO)C(=O)c1c(Cl)nc2ccccn12. The molecule has 6 nitrogen and oxygen atoms in total. The van der Waals surface area contributed by atoms with Crippen LogP contribution in [0.1, 0.15) is 17.4 Å². The van der Waals surface area contributed by atoms with Gasteiger partial charge < -0.3 is 15.1 Å². The van der Waals surface area contributed by atoms with E-state index in [0.717, 1.165) is 0 Å². The van der Waals surface area contributed by atoms with E-state index in [-0.39, 0.29) is 36.5 Å². The van der Waals surface area contributed by atoms with Gasteiger partial charge in [0.15, 0.2) is 10.8 Å². The van der Waals surface area contributed by atoms with E-state index in [9.17, 15) is 15.0 Å². The normalized spacial score (nSPS) is 11.9. The number of carbonyl (C=O) groups is 1. The highest BCUT2D eigenvalue weighted by molar-refractivity contribution is 6.32. The molecule has 0 aliphatic carbocycles. The standard InChI is InChI=1S/C14H18ClN3O3/c1-14(8-19,9-20)7-17(2)13(21)11-12(15)16-10-5-3-4-6-18(10)11/h3-6,19-20H,7-9H2,1-2H3. The summed E-state index contributed by atoms with van der Waals surface area (Å²) in [5.41, 5.74) is 0.0940. The molecule has 114 valence electrons. The van der Waals surface area contributed by atoms with Gasteiger partial charge in [0.1, 0.15) is 5.65 Å². The molecule has 0 aromatic carbocycles. The first-order chi connectivity index (χ1) is 9.91. The van der Waals surface area contributed by atoms with Crippen molar-refractivity contribution in [2.45, 2.75) is 6.92 Å². The van der Waals surface area contributed by atoms with Gasteiger partial charge in [0, 0.05) is 25.2 Å². The third-order valence-electron chi connectivity index (χ3n) is 3.42. The van der Waals surface area contributed by atoms with Crippen LogP contribution in [0, 0.1) is 5.41 Å². The van der Waals surface area contributed by atoms with Crippen molar-refractivity contribution in [3.05, 3.63) is 35.2 Å². The fraction of sp³-hybridized carbons (Fsp3) is 0.429. The van der Waals surface area contributed by atoms with Crippen LogP contribution in [0.3, 0.4) is 0 Å². The Labute approximate surface area is 127 Å². The number of carbonyl (C=O) groups excluding carboxylic acids is 1. The van der Waals surface area contributed by atoms with Crippen LogP contribution in [0.2, 0.25) is 5.15 Å². The molecule has 2 heterocycles. The van der Waals surface area contributed by atoms with Crippen molar-refractivity contribution < 1.29 is 15.0 Å². The number of imidazole rings is 1. The summed E-state index contributed by atoms with van der Waals surface area (Å²) in [6, 6.07) is 5.35. The number of halogens is 1. The Morgan fingerprint density at radius 3 is 2.71 bits per heavy atom. The molecule has 2 aromatic rings. The fourth-order valence-electron chi connectivity index (χ4n) is 2.13. The van der Waals surface area contributed by atoms with Crippen LogP contribution in [-0.2, 0) is 0 Å². The number of pyridine rings is 1. The summed E-state index contributed by atoms with van der Waals surface area (Å²) in [6.07, 6.45) is 1.71. The zero-order valence-corrected chi connectivity index (χ0v) is 12.7. The number of fused-ring (bicyclic) bond motifs is 1. The van der Waals surface area contributed by atoms with Gasteiger partial charge in [0.05, 0.1) is 13.2 Å². The first kappa shape index (κ1) is 15.8. The van der Waals surface area contributed by atoms with Crippen molar-refractivity contribution in [1.29, 1.82) is 0 Å². The van der Waals surface area contributed by atoms with Gasteiger partial charge in [-0.05, 0) is 12.1 Å². The van der Waals surface area contributed by atoms with E-state index in [1.807, 2.05) is 6.07 Å². The molecule has 0 saturated heterocycles. The molecule has 0 radical (unpaired) electrons. The highest BCUT2D eigenvalue weighted by Crippen LogP contribution is 2.21. The van der Waals surface area contributed by atoms with Crippen LogP contribution in [0.4, 0.5) is 0 Å². The molecule has 21 heavy (non-hydrogen) atoms. The van der Waals surface area contributed by atoms with Crippen molar-refractivity contribution in [1.82, 2.24) is 14.3 Å². The fourth-order valence-corrected chi connectivity index (χ4v) is 2.39. The number of aliphatic hydroxyl groups is 2. The Bertz CT molecular complexity index is 652. The topological polar surface area (TPSA) is 78.1 Å². The largest absolute Gasteiger partial charge is 0.396 e. The number of aliphatic hydroxyl groups excluding tert-OH is 2. The van der Waals surface area contributed by atoms with E-state index in [4.69, 9.17) is 11.6 Å². The number of nitrogens with zero attached hydrogens (tertiary/aromatic N) is 3.